The average Bonchev–Trinajstić information content (AvgIpc) is 3.43. The number of benzene rings is 4. The van der Waals surface area contributed by atoms with Crippen molar-refractivity contribution in [1.82, 2.24) is 0 Å². The SMILES string of the molecule is CC1(C)O[C@H]2[C@@H](OC(=O)c3ccccc3)[C@H](OC(=O)c3ccccc3)[C@H](OC(=O)c3ccccc3)[C@H](OC(=O)c3ccccc3)[C@@H]2O1. The maximum absolute atomic E-state index is 13.6. The fourth-order valence-electron chi connectivity index (χ4n) is 5.67. The number of ether oxygens (including phenoxy) is 6. The van der Waals surface area contributed by atoms with Gasteiger partial charge < -0.3 is 28.4 Å². The number of hydrogen-bond acceptors (Lipinski definition) is 10. The van der Waals surface area contributed by atoms with Crippen LogP contribution in [0.25, 0.3) is 0 Å². The first-order valence-electron chi connectivity index (χ1n) is 15.1. The summed E-state index contributed by atoms with van der Waals surface area (Å²) in [5.74, 6) is -4.31. The molecule has 6 atom stereocenters. The molecule has 1 aliphatic heterocycles. The fraction of sp³-hybridized carbons (Fsp3) is 0.243. The van der Waals surface area contributed by atoms with Gasteiger partial charge in [0.1, 0.15) is 12.2 Å². The molecule has 240 valence electrons. The Labute approximate surface area is 271 Å². The second kappa shape index (κ2) is 13.6. The van der Waals surface area contributed by atoms with Gasteiger partial charge in [-0.05, 0) is 62.4 Å². The Bertz CT molecular complexity index is 1580. The quantitative estimate of drug-likeness (QED) is 0.183. The molecule has 6 rings (SSSR count). The summed E-state index contributed by atoms with van der Waals surface area (Å²) in [6, 6.07) is 32.8. The van der Waals surface area contributed by atoms with Crippen molar-refractivity contribution in [3.63, 3.8) is 0 Å². The largest absolute Gasteiger partial charge is 0.452 e. The van der Waals surface area contributed by atoms with Gasteiger partial charge in [-0.1, -0.05) is 72.8 Å². The molecule has 10 nitrogen and oxygen atoms in total. The van der Waals surface area contributed by atoms with Crippen molar-refractivity contribution in [2.45, 2.75) is 56.3 Å². The van der Waals surface area contributed by atoms with Crippen LogP contribution in [0, 0.1) is 0 Å². The Morgan fingerprint density at radius 2 is 0.660 bits per heavy atom. The predicted molar refractivity (Wildman–Crippen MR) is 166 cm³/mol. The highest BCUT2D eigenvalue weighted by atomic mass is 16.8. The van der Waals surface area contributed by atoms with Gasteiger partial charge in [-0.15, -0.1) is 0 Å². The normalized spacial score (nSPS) is 24.3. The van der Waals surface area contributed by atoms with Crippen LogP contribution in [0.3, 0.4) is 0 Å². The molecule has 0 spiro atoms. The van der Waals surface area contributed by atoms with Gasteiger partial charge in [-0.25, -0.2) is 19.2 Å². The predicted octanol–water partition coefficient (Wildman–Crippen LogP) is 5.42. The molecular weight excluding hydrogens is 604 g/mol. The van der Waals surface area contributed by atoms with Crippen LogP contribution in [0.5, 0.6) is 0 Å². The molecular formula is C37H32O10. The topological polar surface area (TPSA) is 124 Å². The molecule has 2 fully saturated rings. The maximum Gasteiger partial charge on any atom is 0.338 e. The third-order valence-electron chi connectivity index (χ3n) is 7.79. The summed E-state index contributed by atoms with van der Waals surface area (Å²) in [6.07, 6.45) is -7.94. The summed E-state index contributed by atoms with van der Waals surface area (Å²) in [7, 11) is 0. The summed E-state index contributed by atoms with van der Waals surface area (Å²) >= 11 is 0. The number of esters is 4. The number of rotatable bonds is 8. The molecule has 0 bridgehead atoms. The van der Waals surface area contributed by atoms with Crippen molar-refractivity contribution >= 4 is 23.9 Å². The lowest BCUT2D eigenvalue weighted by atomic mass is 9.84. The number of hydrogen-bond donors (Lipinski definition) is 0. The highest BCUT2D eigenvalue weighted by Gasteiger charge is 2.64. The van der Waals surface area contributed by atoms with E-state index in [0.717, 1.165) is 0 Å². The Balaban J connectivity index is 1.45. The van der Waals surface area contributed by atoms with E-state index >= 15 is 0 Å². The van der Waals surface area contributed by atoms with E-state index in [9.17, 15) is 19.2 Å². The smallest absolute Gasteiger partial charge is 0.338 e. The molecule has 4 aromatic rings. The van der Waals surface area contributed by atoms with Crippen molar-refractivity contribution in [2.75, 3.05) is 0 Å². The monoisotopic (exact) mass is 636 g/mol. The van der Waals surface area contributed by atoms with E-state index in [0.29, 0.717) is 0 Å². The minimum Gasteiger partial charge on any atom is -0.452 e. The van der Waals surface area contributed by atoms with E-state index in [-0.39, 0.29) is 22.3 Å². The summed E-state index contributed by atoms with van der Waals surface area (Å²) < 4.78 is 36.7. The van der Waals surface area contributed by atoms with E-state index in [4.69, 9.17) is 28.4 Å². The average molecular weight is 637 g/mol. The lowest BCUT2D eigenvalue weighted by Crippen LogP contribution is -2.66. The first kappa shape index (κ1) is 31.7. The van der Waals surface area contributed by atoms with Crippen molar-refractivity contribution in [3.05, 3.63) is 144 Å². The van der Waals surface area contributed by atoms with Gasteiger partial charge >= 0.3 is 23.9 Å². The number of carbonyl (C=O) groups is 4. The van der Waals surface area contributed by atoms with Gasteiger partial charge in [-0.3, -0.25) is 0 Å². The van der Waals surface area contributed by atoms with E-state index in [1.165, 1.54) is 0 Å². The number of fused-ring (bicyclic) bond motifs is 1. The van der Waals surface area contributed by atoms with Gasteiger partial charge in [0.2, 0.25) is 0 Å². The second-order valence-electron chi connectivity index (χ2n) is 11.5. The fourth-order valence-corrected chi connectivity index (χ4v) is 5.67. The van der Waals surface area contributed by atoms with E-state index in [1.54, 1.807) is 135 Å². The zero-order chi connectivity index (χ0) is 33.0. The third-order valence-corrected chi connectivity index (χ3v) is 7.79. The second-order valence-corrected chi connectivity index (χ2v) is 11.5. The Kier molecular flexibility index (Phi) is 9.15. The molecule has 1 saturated carbocycles. The molecule has 10 heteroatoms. The van der Waals surface area contributed by atoms with Crippen LogP contribution in [-0.4, -0.2) is 66.3 Å². The zero-order valence-electron chi connectivity index (χ0n) is 25.6. The van der Waals surface area contributed by atoms with Crippen LogP contribution in [0.4, 0.5) is 0 Å². The molecule has 2 aliphatic rings. The minimum atomic E-state index is -1.50. The zero-order valence-corrected chi connectivity index (χ0v) is 25.6. The minimum absolute atomic E-state index is 0.192. The van der Waals surface area contributed by atoms with Crippen LogP contribution >= 0.6 is 0 Å². The van der Waals surface area contributed by atoms with Crippen LogP contribution in [-0.2, 0) is 28.4 Å². The third kappa shape index (κ3) is 7.09. The molecule has 0 N–H and O–H groups in total. The standard InChI is InChI=1S/C37H32O10/c1-37(2)46-31-29(44-35(40)25-19-11-5-12-20-25)27(42-33(38)23-15-7-3-8-16-23)28(43-34(39)24-17-9-4-10-18-24)30(32(31)47-37)45-36(41)26-21-13-6-14-22-26/h3-22,27-32H,1-2H3/t27-,28+,29-,30-,31-,32-/m0/s1. The van der Waals surface area contributed by atoms with Crippen LogP contribution in [0.15, 0.2) is 121 Å². The van der Waals surface area contributed by atoms with Gasteiger partial charge in [-0.2, -0.15) is 0 Å². The molecule has 1 aliphatic carbocycles. The molecule has 1 saturated heterocycles. The Morgan fingerprint density at radius 1 is 0.426 bits per heavy atom. The van der Waals surface area contributed by atoms with Gasteiger partial charge in [0.05, 0.1) is 22.3 Å². The molecule has 47 heavy (non-hydrogen) atoms. The van der Waals surface area contributed by atoms with Crippen LogP contribution in [0.1, 0.15) is 55.3 Å². The number of carbonyl (C=O) groups excluding carboxylic acids is 4. The summed E-state index contributed by atoms with van der Waals surface area (Å²) in [5.41, 5.74) is 0.840. The maximum atomic E-state index is 13.6. The van der Waals surface area contributed by atoms with E-state index < -0.39 is 66.3 Å². The van der Waals surface area contributed by atoms with Gasteiger partial charge in [0, 0.05) is 0 Å². The lowest BCUT2D eigenvalue weighted by Gasteiger charge is -2.44. The highest BCUT2D eigenvalue weighted by molar-refractivity contribution is 5.92. The first-order chi connectivity index (χ1) is 22.7. The lowest BCUT2D eigenvalue weighted by molar-refractivity contribution is -0.195. The van der Waals surface area contributed by atoms with Gasteiger partial charge in [0.15, 0.2) is 30.2 Å². The van der Waals surface area contributed by atoms with E-state index in [2.05, 4.69) is 0 Å². The Hall–Kier alpha value is -5.32. The van der Waals surface area contributed by atoms with Gasteiger partial charge in [0.25, 0.3) is 0 Å². The van der Waals surface area contributed by atoms with Crippen molar-refractivity contribution < 1.29 is 47.6 Å². The summed E-state index contributed by atoms with van der Waals surface area (Å²) in [6.45, 7) is 3.29. The Morgan fingerprint density at radius 3 is 0.915 bits per heavy atom. The summed E-state index contributed by atoms with van der Waals surface area (Å²) in [4.78, 5) is 54.2. The van der Waals surface area contributed by atoms with Crippen molar-refractivity contribution in [1.29, 1.82) is 0 Å². The van der Waals surface area contributed by atoms with Crippen LogP contribution < -0.4 is 0 Å². The molecule has 0 radical (unpaired) electrons. The molecule has 1 heterocycles. The molecule has 0 unspecified atom stereocenters. The van der Waals surface area contributed by atoms with Crippen molar-refractivity contribution in [3.8, 4) is 0 Å². The van der Waals surface area contributed by atoms with Crippen LogP contribution in [0.2, 0.25) is 0 Å². The van der Waals surface area contributed by atoms with Crippen molar-refractivity contribution in [2.24, 2.45) is 0 Å². The first-order valence-corrected chi connectivity index (χ1v) is 15.1. The summed E-state index contributed by atoms with van der Waals surface area (Å²) in [5, 5.41) is 0. The molecule has 0 aromatic heterocycles. The van der Waals surface area contributed by atoms with E-state index in [1.807, 2.05) is 0 Å². The highest BCUT2D eigenvalue weighted by Crippen LogP contribution is 2.42. The molecule has 4 aromatic carbocycles. The molecule has 0 amide bonds.